The summed E-state index contributed by atoms with van der Waals surface area (Å²) in [6.45, 7) is 26.5. The van der Waals surface area contributed by atoms with Gasteiger partial charge in [0.15, 0.2) is 0 Å². The summed E-state index contributed by atoms with van der Waals surface area (Å²) in [4.78, 5) is 0. The lowest BCUT2D eigenvalue weighted by atomic mass is 9.64. The highest BCUT2D eigenvalue weighted by atomic mass is 14.4. The molecule has 21 heavy (non-hydrogen) atoms. The van der Waals surface area contributed by atoms with Crippen LogP contribution in [0.2, 0.25) is 0 Å². The SMILES string of the molecule is CCC(C)(C)C[C+](C)C(C)C(C)(C)CC(C)C(C)C(C)C. The molecule has 0 radical (unpaired) electrons. The van der Waals surface area contributed by atoms with Crippen LogP contribution in [0.25, 0.3) is 0 Å². The van der Waals surface area contributed by atoms with Gasteiger partial charge >= 0.3 is 0 Å². The molecule has 0 aliphatic rings. The van der Waals surface area contributed by atoms with Crippen molar-refractivity contribution in [2.75, 3.05) is 0 Å². The first-order valence-corrected chi connectivity index (χ1v) is 9.16. The van der Waals surface area contributed by atoms with Crippen molar-refractivity contribution >= 4 is 0 Å². The first kappa shape index (κ1) is 20.9. The Kier molecular flexibility index (Phi) is 7.88. The van der Waals surface area contributed by atoms with Crippen molar-refractivity contribution in [1.82, 2.24) is 0 Å². The van der Waals surface area contributed by atoms with Crippen molar-refractivity contribution in [3.05, 3.63) is 5.92 Å². The fraction of sp³-hybridized carbons (Fsp3) is 0.952. The first-order chi connectivity index (χ1) is 9.34. The van der Waals surface area contributed by atoms with Crippen molar-refractivity contribution in [2.45, 2.75) is 95.4 Å². The summed E-state index contributed by atoms with van der Waals surface area (Å²) >= 11 is 0. The molecule has 0 amide bonds. The van der Waals surface area contributed by atoms with E-state index < -0.39 is 0 Å². The van der Waals surface area contributed by atoms with Crippen LogP contribution in [0.1, 0.15) is 95.4 Å². The summed E-state index contributed by atoms with van der Waals surface area (Å²) in [5.74, 6) is 4.79. The Morgan fingerprint density at radius 3 is 1.76 bits per heavy atom. The van der Waals surface area contributed by atoms with Gasteiger partial charge in [0, 0.05) is 10.8 Å². The van der Waals surface area contributed by atoms with Crippen LogP contribution in [-0.2, 0) is 0 Å². The lowest BCUT2D eigenvalue weighted by molar-refractivity contribution is 0.137. The lowest BCUT2D eigenvalue weighted by Crippen LogP contribution is -2.32. The molecule has 126 valence electrons. The molecule has 0 aliphatic heterocycles. The maximum atomic E-state index is 2.48. The zero-order valence-electron chi connectivity index (χ0n) is 16.9. The van der Waals surface area contributed by atoms with E-state index >= 15 is 0 Å². The zero-order chi connectivity index (χ0) is 17.0. The lowest BCUT2D eigenvalue weighted by Gasteiger charge is -2.36. The summed E-state index contributed by atoms with van der Waals surface area (Å²) < 4.78 is 0. The van der Waals surface area contributed by atoms with E-state index in [1.54, 1.807) is 5.92 Å². The standard InChI is InChI=1S/C21H43/c1-12-20(8,9)13-17(5)19(7)21(10,11)14-16(4)18(6)15(2)3/h15-16,18-19H,12-14H2,1-11H3/q+1. The highest BCUT2D eigenvalue weighted by Crippen LogP contribution is 2.44. The highest BCUT2D eigenvalue weighted by molar-refractivity contribution is 5.00. The van der Waals surface area contributed by atoms with Gasteiger partial charge in [0.25, 0.3) is 0 Å². The first-order valence-electron chi connectivity index (χ1n) is 9.16. The van der Waals surface area contributed by atoms with Crippen molar-refractivity contribution in [3.8, 4) is 0 Å². The minimum atomic E-state index is 0.399. The molecule has 3 unspecified atom stereocenters. The normalized spacial score (nSPS) is 17.7. The Balaban J connectivity index is 4.75. The Bertz CT molecular complexity index is 284. The number of rotatable bonds is 9. The fourth-order valence-corrected chi connectivity index (χ4v) is 3.55. The van der Waals surface area contributed by atoms with Crippen LogP contribution in [0.3, 0.4) is 0 Å². The molecular formula is C21H43+. The summed E-state index contributed by atoms with van der Waals surface area (Å²) in [5.41, 5.74) is 0.849. The van der Waals surface area contributed by atoms with Gasteiger partial charge < -0.3 is 0 Å². The van der Waals surface area contributed by atoms with Crippen LogP contribution in [0.15, 0.2) is 0 Å². The predicted molar refractivity (Wildman–Crippen MR) is 98.3 cm³/mol. The van der Waals surface area contributed by atoms with Crippen LogP contribution >= 0.6 is 0 Å². The largest absolute Gasteiger partial charge is 0.102 e. The molecule has 0 saturated heterocycles. The van der Waals surface area contributed by atoms with Crippen LogP contribution < -0.4 is 0 Å². The third-order valence-corrected chi connectivity index (χ3v) is 6.42. The Labute approximate surface area is 136 Å². The maximum Gasteiger partial charge on any atom is 0.102 e. The van der Waals surface area contributed by atoms with Gasteiger partial charge in [-0.3, -0.25) is 0 Å². The smallest absolute Gasteiger partial charge is 0.0647 e. The second-order valence-electron chi connectivity index (χ2n) is 9.54. The second-order valence-corrected chi connectivity index (χ2v) is 9.54. The van der Waals surface area contributed by atoms with E-state index in [0.29, 0.717) is 16.7 Å². The van der Waals surface area contributed by atoms with Gasteiger partial charge in [0.05, 0.1) is 19.3 Å². The molecule has 0 aromatic rings. The average Bonchev–Trinajstić information content (AvgIpc) is 2.35. The number of hydrogen-bond acceptors (Lipinski definition) is 0. The average molecular weight is 296 g/mol. The molecule has 0 fully saturated rings. The van der Waals surface area contributed by atoms with Gasteiger partial charge in [-0.05, 0) is 37.5 Å². The molecular weight excluding hydrogens is 252 g/mol. The fourth-order valence-electron chi connectivity index (χ4n) is 3.55. The van der Waals surface area contributed by atoms with E-state index in [9.17, 15) is 0 Å². The van der Waals surface area contributed by atoms with Crippen molar-refractivity contribution in [2.24, 2.45) is 34.5 Å². The molecule has 0 nitrogen and oxygen atoms in total. The van der Waals surface area contributed by atoms with Gasteiger partial charge in [0.1, 0.15) is 5.92 Å². The Morgan fingerprint density at radius 2 is 1.38 bits per heavy atom. The van der Waals surface area contributed by atoms with E-state index in [1.165, 1.54) is 19.3 Å². The van der Waals surface area contributed by atoms with Gasteiger partial charge in [-0.25, -0.2) is 0 Å². The van der Waals surface area contributed by atoms with E-state index in [-0.39, 0.29) is 0 Å². The number of hydrogen-bond donors (Lipinski definition) is 0. The monoisotopic (exact) mass is 295 g/mol. The van der Waals surface area contributed by atoms with E-state index in [2.05, 4.69) is 76.2 Å². The summed E-state index contributed by atoms with van der Waals surface area (Å²) in [5, 5.41) is 0. The predicted octanol–water partition coefficient (Wildman–Crippen LogP) is 7.39. The molecule has 0 aromatic heterocycles. The summed E-state index contributed by atoms with van der Waals surface area (Å²) in [6, 6.07) is 0. The third-order valence-electron chi connectivity index (χ3n) is 6.42. The molecule has 0 aromatic carbocycles. The van der Waals surface area contributed by atoms with Crippen molar-refractivity contribution in [1.29, 1.82) is 0 Å². The Morgan fingerprint density at radius 1 is 0.905 bits per heavy atom. The molecule has 0 heteroatoms. The van der Waals surface area contributed by atoms with Crippen LogP contribution in [0, 0.1) is 40.4 Å². The quantitative estimate of drug-likeness (QED) is 0.389. The molecule has 0 heterocycles. The molecule has 3 atom stereocenters. The highest BCUT2D eigenvalue weighted by Gasteiger charge is 2.41. The van der Waals surface area contributed by atoms with Crippen LogP contribution in [0.4, 0.5) is 0 Å². The molecule has 0 rings (SSSR count). The van der Waals surface area contributed by atoms with Crippen molar-refractivity contribution in [3.63, 3.8) is 0 Å². The minimum Gasteiger partial charge on any atom is -0.0647 e. The zero-order valence-corrected chi connectivity index (χ0v) is 16.9. The molecule has 0 bridgehead atoms. The van der Waals surface area contributed by atoms with Gasteiger partial charge in [-0.15, -0.1) is 0 Å². The third kappa shape index (κ3) is 6.66. The summed E-state index contributed by atoms with van der Waals surface area (Å²) in [6.07, 6.45) is 3.86. The van der Waals surface area contributed by atoms with Crippen molar-refractivity contribution < 1.29 is 0 Å². The van der Waals surface area contributed by atoms with Crippen LogP contribution in [0.5, 0.6) is 0 Å². The van der Waals surface area contributed by atoms with Gasteiger partial charge in [-0.2, -0.15) is 0 Å². The minimum absolute atomic E-state index is 0.399. The van der Waals surface area contributed by atoms with Crippen LogP contribution in [-0.4, -0.2) is 0 Å². The molecule has 0 N–H and O–H groups in total. The van der Waals surface area contributed by atoms with E-state index in [1.807, 2.05) is 0 Å². The van der Waals surface area contributed by atoms with Gasteiger partial charge in [0.2, 0.25) is 0 Å². The maximum absolute atomic E-state index is 2.48. The molecule has 0 spiro atoms. The summed E-state index contributed by atoms with van der Waals surface area (Å²) in [7, 11) is 0. The second kappa shape index (κ2) is 7.93. The van der Waals surface area contributed by atoms with E-state index in [4.69, 9.17) is 0 Å². The van der Waals surface area contributed by atoms with E-state index in [0.717, 1.165) is 17.8 Å². The molecule has 0 aliphatic carbocycles. The van der Waals surface area contributed by atoms with Gasteiger partial charge in [-0.1, -0.05) is 62.3 Å². The Hall–Kier alpha value is -0.130. The topological polar surface area (TPSA) is 0 Å². The molecule has 0 saturated carbocycles.